The second kappa shape index (κ2) is 12.1. The van der Waals surface area contributed by atoms with Gasteiger partial charge in [0.05, 0.1) is 18.4 Å². The number of benzene rings is 3. The van der Waals surface area contributed by atoms with Crippen LogP contribution in [0.5, 0.6) is 11.5 Å². The fourth-order valence-electron chi connectivity index (χ4n) is 3.97. The Hall–Kier alpha value is -5.59. The van der Waals surface area contributed by atoms with Crippen molar-refractivity contribution < 1.29 is 19.1 Å². The van der Waals surface area contributed by atoms with Crippen molar-refractivity contribution in [2.24, 2.45) is 11.5 Å². The SMILES string of the molecule is COc1cc(C(Nc2ccc(C(=N)N)cc2)c2nn(-c3ccccc3C(N)=O)c(=O)[nH]2)ccc1OCC(=O)N(C)C. The van der Waals surface area contributed by atoms with Gasteiger partial charge < -0.3 is 31.2 Å². The average molecular weight is 559 g/mol. The molecule has 41 heavy (non-hydrogen) atoms. The monoisotopic (exact) mass is 558 g/mol. The highest BCUT2D eigenvalue weighted by Crippen LogP contribution is 2.33. The van der Waals surface area contributed by atoms with Crippen molar-refractivity contribution in [3.8, 4) is 17.2 Å². The number of hydrogen-bond acceptors (Lipinski definition) is 8. The van der Waals surface area contributed by atoms with Crippen LogP contribution in [0.1, 0.15) is 33.4 Å². The standard InChI is InChI=1S/C28H30N8O5/c1-35(2)23(37)15-41-21-13-10-17(14-22(21)40-3)24(32-18-11-8-16(9-12-18)25(29)30)27-33-28(39)36(34-27)20-7-5-4-6-19(20)26(31)38/h4-14,24,32H,15H2,1-3H3,(H3,29,30)(H2,31,38)(H,33,34,39). The van der Waals surface area contributed by atoms with Crippen LogP contribution in [0.25, 0.3) is 5.69 Å². The lowest BCUT2D eigenvalue weighted by molar-refractivity contribution is -0.130. The minimum atomic E-state index is -0.723. The number of nitrogens with zero attached hydrogens (tertiary/aromatic N) is 3. The first-order chi connectivity index (χ1) is 19.6. The summed E-state index contributed by atoms with van der Waals surface area (Å²) in [6.45, 7) is -0.177. The maximum atomic E-state index is 13.1. The number of amides is 2. The second-order valence-electron chi connectivity index (χ2n) is 9.16. The summed E-state index contributed by atoms with van der Waals surface area (Å²) in [5.41, 5.74) is 12.7. The van der Waals surface area contributed by atoms with Crippen LogP contribution in [0.2, 0.25) is 0 Å². The third-order valence-corrected chi connectivity index (χ3v) is 6.18. The molecule has 0 spiro atoms. The van der Waals surface area contributed by atoms with E-state index < -0.39 is 17.6 Å². The fraction of sp³-hybridized carbons (Fsp3) is 0.179. The molecule has 212 valence electrons. The molecule has 0 aliphatic rings. The normalized spacial score (nSPS) is 11.4. The number of likely N-dealkylation sites (N-methyl/N-ethyl adjacent to an activating group) is 1. The van der Waals surface area contributed by atoms with E-state index in [1.54, 1.807) is 74.8 Å². The van der Waals surface area contributed by atoms with Gasteiger partial charge in [-0.1, -0.05) is 18.2 Å². The summed E-state index contributed by atoms with van der Waals surface area (Å²) < 4.78 is 12.3. The third-order valence-electron chi connectivity index (χ3n) is 6.18. The summed E-state index contributed by atoms with van der Waals surface area (Å²) in [5.74, 6) is -0.0609. The average Bonchev–Trinajstić information content (AvgIpc) is 3.35. The molecular formula is C28H30N8O5. The van der Waals surface area contributed by atoms with E-state index >= 15 is 0 Å². The first-order valence-electron chi connectivity index (χ1n) is 12.4. The predicted octanol–water partition coefficient (Wildman–Crippen LogP) is 1.62. The third kappa shape index (κ3) is 6.36. The molecule has 1 unspecified atom stereocenters. The van der Waals surface area contributed by atoms with Gasteiger partial charge in [0.25, 0.3) is 11.8 Å². The summed E-state index contributed by atoms with van der Waals surface area (Å²) in [4.78, 5) is 41.3. The molecule has 0 aliphatic heterocycles. The van der Waals surface area contributed by atoms with Crippen LogP contribution in [0.4, 0.5) is 5.69 Å². The topological polar surface area (TPSA) is 194 Å². The fourth-order valence-corrected chi connectivity index (χ4v) is 3.97. The van der Waals surface area contributed by atoms with E-state index in [1.165, 1.54) is 18.1 Å². The van der Waals surface area contributed by atoms with Crippen LogP contribution < -0.4 is 31.9 Å². The summed E-state index contributed by atoms with van der Waals surface area (Å²) in [5, 5.41) is 15.5. The van der Waals surface area contributed by atoms with Crippen molar-refractivity contribution in [2.75, 3.05) is 33.1 Å². The van der Waals surface area contributed by atoms with Gasteiger partial charge in [0, 0.05) is 25.3 Å². The molecule has 4 aromatic rings. The van der Waals surface area contributed by atoms with Crippen LogP contribution >= 0.6 is 0 Å². The van der Waals surface area contributed by atoms with Gasteiger partial charge >= 0.3 is 5.69 Å². The molecule has 7 N–H and O–H groups in total. The number of aromatic nitrogens is 3. The van der Waals surface area contributed by atoms with Crippen molar-refractivity contribution in [1.29, 1.82) is 5.41 Å². The molecule has 1 heterocycles. The van der Waals surface area contributed by atoms with Crippen LogP contribution in [0.15, 0.2) is 71.5 Å². The molecule has 0 bridgehead atoms. The van der Waals surface area contributed by atoms with Crippen LogP contribution in [-0.2, 0) is 4.79 Å². The highest BCUT2D eigenvalue weighted by Gasteiger charge is 2.23. The van der Waals surface area contributed by atoms with E-state index in [0.29, 0.717) is 28.3 Å². The lowest BCUT2D eigenvalue weighted by Crippen LogP contribution is -2.27. The van der Waals surface area contributed by atoms with E-state index in [2.05, 4.69) is 15.4 Å². The Morgan fingerprint density at radius 1 is 1.07 bits per heavy atom. The highest BCUT2D eigenvalue weighted by atomic mass is 16.5. The number of hydrogen-bond donors (Lipinski definition) is 5. The lowest BCUT2D eigenvalue weighted by Gasteiger charge is -2.20. The number of anilines is 1. The molecule has 0 aliphatic carbocycles. The van der Waals surface area contributed by atoms with Gasteiger partial charge in [-0.3, -0.25) is 20.0 Å². The van der Waals surface area contributed by atoms with Crippen molar-refractivity contribution >= 4 is 23.3 Å². The zero-order valence-corrected chi connectivity index (χ0v) is 22.7. The number of ether oxygens (including phenoxy) is 2. The zero-order chi connectivity index (χ0) is 29.7. The Labute approximate surface area is 235 Å². The summed E-state index contributed by atoms with van der Waals surface area (Å²) in [6, 6.07) is 17.6. The lowest BCUT2D eigenvalue weighted by atomic mass is 10.0. The number of nitrogens with one attached hydrogen (secondary N) is 3. The van der Waals surface area contributed by atoms with E-state index in [0.717, 1.165) is 4.68 Å². The molecule has 0 fully saturated rings. The Morgan fingerprint density at radius 3 is 2.41 bits per heavy atom. The van der Waals surface area contributed by atoms with E-state index in [-0.39, 0.29) is 35.4 Å². The number of aromatic amines is 1. The number of nitrogens with two attached hydrogens (primary N) is 2. The number of carbonyl (C=O) groups is 2. The number of nitrogen functional groups attached to an aromatic ring is 1. The van der Waals surface area contributed by atoms with Crippen LogP contribution in [-0.4, -0.2) is 65.1 Å². The smallest absolute Gasteiger partial charge is 0.348 e. The Morgan fingerprint density at radius 2 is 1.78 bits per heavy atom. The van der Waals surface area contributed by atoms with E-state index in [1.807, 2.05) is 0 Å². The first kappa shape index (κ1) is 28.4. The van der Waals surface area contributed by atoms with Crippen LogP contribution in [0, 0.1) is 5.41 Å². The number of H-pyrrole nitrogens is 1. The minimum Gasteiger partial charge on any atom is -0.493 e. The molecule has 0 saturated heterocycles. The molecule has 2 amide bonds. The first-order valence-corrected chi connectivity index (χ1v) is 12.4. The number of rotatable bonds is 11. The predicted molar refractivity (Wildman–Crippen MR) is 153 cm³/mol. The van der Waals surface area contributed by atoms with Crippen LogP contribution in [0.3, 0.4) is 0 Å². The van der Waals surface area contributed by atoms with Gasteiger partial charge in [0.1, 0.15) is 11.9 Å². The summed E-state index contributed by atoms with van der Waals surface area (Å²) in [6.07, 6.45) is 0. The minimum absolute atomic E-state index is 0.0719. The summed E-state index contributed by atoms with van der Waals surface area (Å²) >= 11 is 0. The number of primary amides is 1. The van der Waals surface area contributed by atoms with Gasteiger partial charge in [0.15, 0.2) is 23.9 Å². The number of carbonyl (C=O) groups excluding carboxylic acids is 2. The Bertz CT molecular complexity index is 1640. The molecule has 13 nitrogen and oxygen atoms in total. The quantitative estimate of drug-likeness (QED) is 0.135. The number of methoxy groups -OCH3 is 1. The van der Waals surface area contributed by atoms with Crippen molar-refractivity contribution in [1.82, 2.24) is 19.7 Å². The largest absolute Gasteiger partial charge is 0.493 e. The molecular weight excluding hydrogens is 528 g/mol. The zero-order valence-electron chi connectivity index (χ0n) is 22.7. The molecule has 1 atom stereocenters. The van der Waals surface area contributed by atoms with Crippen molar-refractivity contribution in [3.05, 3.63) is 99.7 Å². The molecule has 0 saturated carbocycles. The van der Waals surface area contributed by atoms with Gasteiger partial charge in [-0.05, 0) is 54.1 Å². The maximum Gasteiger partial charge on any atom is 0.348 e. The van der Waals surface area contributed by atoms with E-state index in [9.17, 15) is 14.4 Å². The molecule has 13 heteroatoms. The number of amidine groups is 1. The highest BCUT2D eigenvalue weighted by molar-refractivity contribution is 5.96. The van der Waals surface area contributed by atoms with Gasteiger partial charge in [-0.2, -0.15) is 4.68 Å². The van der Waals surface area contributed by atoms with Crippen molar-refractivity contribution in [3.63, 3.8) is 0 Å². The number of para-hydroxylation sites is 1. The molecule has 1 aromatic heterocycles. The van der Waals surface area contributed by atoms with Gasteiger partial charge in [-0.25, -0.2) is 4.79 Å². The van der Waals surface area contributed by atoms with Crippen molar-refractivity contribution in [2.45, 2.75) is 6.04 Å². The Kier molecular flexibility index (Phi) is 8.37. The molecule has 3 aromatic carbocycles. The van der Waals surface area contributed by atoms with E-state index in [4.69, 9.17) is 26.4 Å². The Balaban J connectivity index is 1.77. The molecule has 4 rings (SSSR count). The summed E-state index contributed by atoms with van der Waals surface area (Å²) in [7, 11) is 4.74. The van der Waals surface area contributed by atoms with Gasteiger partial charge in [-0.15, -0.1) is 5.10 Å². The second-order valence-corrected chi connectivity index (χ2v) is 9.16. The molecule has 0 radical (unpaired) electrons. The maximum absolute atomic E-state index is 13.1. The van der Waals surface area contributed by atoms with Gasteiger partial charge in [0.2, 0.25) is 0 Å².